The summed E-state index contributed by atoms with van der Waals surface area (Å²) in [6, 6.07) is 17.0. The van der Waals surface area contributed by atoms with E-state index in [9.17, 15) is 8.42 Å². The zero-order valence-electron chi connectivity index (χ0n) is 16.2. The molecule has 1 aliphatic rings. The van der Waals surface area contributed by atoms with E-state index < -0.39 is 10.1 Å². The maximum Gasteiger partial charge on any atom is 0.297 e. The smallest absolute Gasteiger partial charge is 0.297 e. The Morgan fingerprint density at radius 3 is 2.45 bits per heavy atom. The number of aromatic nitrogens is 2. The highest BCUT2D eigenvalue weighted by Gasteiger charge is 2.33. The lowest BCUT2D eigenvalue weighted by atomic mass is 10.1. The molecule has 3 heterocycles. The average molecular weight is 407 g/mol. The van der Waals surface area contributed by atoms with E-state index in [-0.39, 0.29) is 11.0 Å². The summed E-state index contributed by atoms with van der Waals surface area (Å²) in [5.41, 5.74) is 6.14. The topological polar surface area (TPSA) is 63.9 Å². The standard InChI is InChI=1S/C22H21N3O3S/c1-15-3-6-19(7-4-15)29(26,27)28-18-13-24(14-18)17-9-10-25-21-11-16(2)5-8-20(21)23-22(25)12-17/h3-12,18H,13-14H2,1-2H3. The monoisotopic (exact) mass is 407 g/mol. The summed E-state index contributed by atoms with van der Waals surface area (Å²) in [5, 5.41) is 0. The summed E-state index contributed by atoms with van der Waals surface area (Å²) in [6.07, 6.45) is 1.66. The molecule has 2 aromatic heterocycles. The lowest BCUT2D eigenvalue weighted by molar-refractivity contribution is 0.175. The van der Waals surface area contributed by atoms with Gasteiger partial charge in [0.05, 0.1) is 15.9 Å². The van der Waals surface area contributed by atoms with Crippen molar-refractivity contribution in [1.29, 1.82) is 0 Å². The first-order chi connectivity index (χ1) is 13.9. The van der Waals surface area contributed by atoms with E-state index in [1.807, 2.05) is 31.3 Å². The number of anilines is 1. The maximum absolute atomic E-state index is 12.4. The van der Waals surface area contributed by atoms with E-state index in [1.165, 1.54) is 5.56 Å². The van der Waals surface area contributed by atoms with Gasteiger partial charge in [-0.15, -0.1) is 0 Å². The molecule has 1 saturated heterocycles. The molecule has 4 aromatic rings. The van der Waals surface area contributed by atoms with Crippen LogP contribution in [-0.4, -0.2) is 37.0 Å². The number of imidazole rings is 1. The zero-order valence-corrected chi connectivity index (χ0v) is 17.1. The molecule has 1 fully saturated rings. The first-order valence-corrected chi connectivity index (χ1v) is 10.9. The molecule has 29 heavy (non-hydrogen) atoms. The maximum atomic E-state index is 12.4. The Morgan fingerprint density at radius 2 is 1.69 bits per heavy atom. The summed E-state index contributed by atoms with van der Waals surface area (Å²) in [6.45, 7) is 5.04. The van der Waals surface area contributed by atoms with Crippen LogP contribution in [0.3, 0.4) is 0 Å². The Morgan fingerprint density at radius 1 is 0.966 bits per heavy atom. The van der Waals surface area contributed by atoms with E-state index in [0.717, 1.165) is 27.9 Å². The highest BCUT2D eigenvalue weighted by Crippen LogP contribution is 2.28. The van der Waals surface area contributed by atoms with E-state index in [4.69, 9.17) is 9.17 Å². The summed E-state index contributed by atoms with van der Waals surface area (Å²) in [4.78, 5) is 6.99. The van der Waals surface area contributed by atoms with Gasteiger partial charge in [-0.3, -0.25) is 8.58 Å². The van der Waals surface area contributed by atoms with Crippen molar-refractivity contribution in [1.82, 2.24) is 9.38 Å². The Hall–Kier alpha value is -2.90. The average Bonchev–Trinajstić information content (AvgIpc) is 3.01. The molecule has 0 amide bonds. The molecule has 0 saturated carbocycles. The molecule has 1 aliphatic heterocycles. The number of pyridine rings is 1. The van der Waals surface area contributed by atoms with Gasteiger partial charge in [-0.05, 0) is 49.7 Å². The Labute approximate surface area is 169 Å². The Balaban J connectivity index is 1.32. The number of nitrogens with zero attached hydrogens (tertiary/aromatic N) is 3. The minimum Gasteiger partial charge on any atom is -0.366 e. The highest BCUT2D eigenvalue weighted by molar-refractivity contribution is 7.86. The van der Waals surface area contributed by atoms with Crippen LogP contribution in [0.5, 0.6) is 0 Å². The number of fused-ring (bicyclic) bond motifs is 3. The fourth-order valence-corrected chi connectivity index (χ4v) is 4.72. The normalized spacial score (nSPS) is 15.2. The van der Waals surface area contributed by atoms with Crippen LogP contribution in [0.1, 0.15) is 11.1 Å². The molecule has 5 rings (SSSR count). The summed E-state index contributed by atoms with van der Waals surface area (Å²) >= 11 is 0. The van der Waals surface area contributed by atoms with Crippen LogP contribution in [0.25, 0.3) is 16.7 Å². The molecule has 148 valence electrons. The Kier molecular flexibility index (Phi) is 4.11. The Bertz CT molecular complexity index is 1320. The molecular weight excluding hydrogens is 386 g/mol. The molecule has 0 spiro atoms. The van der Waals surface area contributed by atoms with Gasteiger partial charge in [0.1, 0.15) is 11.8 Å². The molecule has 0 unspecified atom stereocenters. The van der Waals surface area contributed by atoms with Crippen LogP contribution in [0.4, 0.5) is 5.69 Å². The zero-order chi connectivity index (χ0) is 20.2. The molecule has 2 aromatic carbocycles. The largest absolute Gasteiger partial charge is 0.366 e. The molecule has 0 radical (unpaired) electrons. The van der Waals surface area contributed by atoms with Gasteiger partial charge < -0.3 is 4.90 Å². The summed E-state index contributed by atoms with van der Waals surface area (Å²) in [5.74, 6) is 0. The van der Waals surface area contributed by atoms with E-state index in [2.05, 4.69) is 28.4 Å². The second-order valence-corrected chi connectivity index (χ2v) is 9.18. The molecule has 7 heteroatoms. The van der Waals surface area contributed by atoms with Gasteiger partial charge in [-0.2, -0.15) is 8.42 Å². The fourth-order valence-electron chi connectivity index (χ4n) is 3.66. The third-order valence-electron chi connectivity index (χ3n) is 5.33. The van der Waals surface area contributed by atoms with Crippen LogP contribution in [0, 0.1) is 13.8 Å². The number of rotatable bonds is 4. The minimum atomic E-state index is -3.74. The van der Waals surface area contributed by atoms with Crippen molar-refractivity contribution < 1.29 is 12.6 Å². The van der Waals surface area contributed by atoms with Crippen molar-refractivity contribution in [3.8, 4) is 0 Å². The lowest BCUT2D eigenvalue weighted by Gasteiger charge is -2.39. The molecule has 0 aliphatic carbocycles. The van der Waals surface area contributed by atoms with Crippen molar-refractivity contribution in [3.63, 3.8) is 0 Å². The quantitative estimate of drug-likeness (QED) is 0.483. The van der Waals surface area contributed by atoms with Crippen LogP contribution in [-0.2, 0) is 14.3 Å². The summed E-state index contributed by atoms with van der Waals surface area (Å²) < 4.78 is 32.4. The van der Waals surface area contributed by atoms with E-state index in [1.54, 1.807) is 24.3 Å². The first-order valence-electron chi connectivity index (χ1n) is 9.52. The highest BCUT2D eigenvalue weighted by atomic mass is 32.2. The van der Waals surface area contributed by atoms with E-state index in [0.29, 0.717) is 13.1 Å². The van der Waals surface area contributed by atoms with Crippen LogP contribution < -0.4 is 4.90 Å². The van der Waals surface area contributed by atoms with Crippen molar-refractivity contribution in [2.75, 3.05) is 18.0 Å². The molecule has 0 N–H and O–H groups in total. The minimum absolute atomic E-state index is 0.197. The molecule has 6 nitrogen and oxygen atoms in total. The van der Waals surface area contributed by atoms with Crippen molar-refractivity contribution in [2.45, 2.75) is 24.8 Å². The van der Waals surface area contributed by atoms with Crippen molar-refractivity contribution in [2.24, 2.45) is 0 Å². The third kappa shape index (κ3) is 3.26. The van der Waals surface area contributed by atoms with Gasteiger partial charge in [0, 0.05) is 31.0 Å². The second-order valence-electron chi connectivity index (χ2n) is 7.61. The van der Waals surface area contributed by atoms with Crippen LogP contribution >= 0.6 is 0 Å². The van der Waals surface area contributed by atoms with Gasteiger partial charge >= 0.3 is 0 Å². The van der Waals surface area contributed by atoms with Gasteiger partial charge in [0.15, 0.2) is 0 Å². The van der Waals surface area contributed by atoms with Crippen molar-refractivity contribution in [3.05, 3.63) is 71.9 Å². The third-order valence-corrected chi connectivity index (χ3v) is 6.70. The SMILES string of the molecule is Cc1ccc(S(=O)(=O)OC2CN(c3ccn4c(c3)nc3ccc(C)cc34)C2)cc1. The van der Waals surface area contributed by atoms with Crippen LogP contribution in [0.15, 0.2) is 65.7 Å². The molecular formula is C22H21N3O3S. The van der Waals surface area contributed by atoms with E-state index >= 15 is 0 Å². The predicted octanol–water partition coefficient (Wildman–Crippen LogP) is 3.70. The number of hydrogen-bond acceptors (Lipinski definition) is 5. The van der Waals surface area contributed by atoms with Crippen LogP contribution in [0.2, 0.25) is 0 Å². The lowest BCUT2D eigenvalue weighted by Crippen LogP contribution is -2.53. The van der Waals surface area contributed by atoms with Gasteiger partial charge in [0.25, 0.3) is 10.1 Å². The van der Waals surface area contributed by atoms with Gasteiger partial charge in [-0.1, -0.05) is 23.8 Å². The molecule has 0 bridgehead atoms. The summed E-state index contributed by atoms with van der Waals surface area (Å²) in [7, 11) is -3.74. The first kappa shape index (κ1) is 18.1. The van der Waals surface area contributed by atoms with Gasteiger partial charge in [-0.25, -0.2) is 4.98 Å². The van der Waals surface area contributed by atoms with Crippen molar-refractivity contribution >= 4 is 32.5 Å². The fraction of sp³-hybridized carbons (Fsp3) is 0.227. The predicted molar refractivity (Wildman–Crippen MR) is 113 cm³/mol. The number of hydrogen-bond donors (Lipinski definition) is 0. The number of benzene rings is 2. The number of aryl methyl sites for hydroxylation is 2. The second kappa shape index (κ2) is 6.57. The molecule has 0 atom stereocenters. The van der Waals surface area contributed by atoms with Gasteiger partial charge in [0.2, 0.25) is 0 Å².